The average Bonchev–Trinajstić information content (AvgIpc) is 2.78. The molecule has 0 saturated carbocycles. The zero-order valence-electron chi connectivity index (χ0n) is 11.5. The Hall–Kier alpha value is -1.44. The quantitative estimate of drug-likeness (QED) is 0.639. The van der Waals surface area contributed by atoms with Crippen LogP contribution in [0, 0.1) is 20.8 Å². The van der Waals surface area contributed by atoms with Crippen molar-refractivity contribution >= 4 is 0 Å². The Kier molecular flexibility index (Phi) is 3.65. The molecule has 0 aliphatic carbocycles. The maximum atomic E-state index is 10.2. The molecule has 2 rings (SSSR count). The van der Waals surface area contributed by atoms with Gasteiger partial charge in [-0.2, -0.15) is 0 Å². The fourth-order valence-corrected chi connectivity index (χ4v) is 2.81. The van der Waals surface area contributed by atoms with E-state index in [4.69, 9.17) is 4.74 Å². The second kappa shape index (κ2) is 5.05. The minimum Gasteiger partial charge on any atom is -0.507 e. The standard InChI is InChI=1S/C16H22O2/c1-5-6-7-8-13-9-18-16-11(3)10(2)15(17)12(4)14(13)16/h5,13,17H,1,6-9H2,2-4H3. The van der Waals surface area contributed by atoms with Crippen molar-refractivity contribution in [2.45, 2.75) is 46.0 Å². The Balaban J connectivity index is 2.34. The van der Waals surface area contributed by atoms with Crippen LogP contribution in [0.4, 0.5) is 0 Å². The van der Waals surface area contributed by atoms with Crippen LogP contribution >= 0.6 is 0 Å². The molecule has 0 amide bonds. The summed E-state index contributed by atoms with van der Waals surface area (Å²) in [6.45, 7) is 10.5. The molecule has 0 aromatic heterocycles. The third-order valence-corrected chi connectivity index (χ3v) is 4.06. The fraction of sp³-hybridized carbons (Fsp3) is 0.500. The smallest absolute Gasteiger partial charge is 0.126 e. The molecular formula is C16H22O2. The van der Waals surface area contributed by atoms with E-state index in [1.807, 2.05) is 26.8 Å². The van der Waals surface area contributed by atoms with E-state index in [2.05, 4.69) is 6.58 Å². The van der Waals surface area contributed by atoms with Gasteiger partial charge in [0.15, 0.2) is 0 Å². The highest BCUT2D eigenvalue weighted by molar-refractivity contribution is 5.60. The zero-order valence-corrected chi connectivity index (χ0v) is 11.5. The first-order valence-electron chi connectivity index (χ1n) is 6.64. The molecule has 1 N–H and O–H groups in total. The third kappa shape index (κ3) is 2.00. The molecular weight excluding hydrogens is 224 g/mol. The van der Waals surface area contributed by atoms with Crippen molar-refractivity contribution < 1.29 is 9.84 Å². The Bertz CT molecular complexity index is 475. The molecule has 2 heteroatoms. The van der Waals surface area contributed by atoms with Crippen molar-refractivity contribution in [2.75, 3.05) is 6.61 Å². The van der Waals surface area contributed by atoms with Gasteiger partial charge in [-0.05, 0) is 56.7 Å². The predicted octanol–water partition coefficient (Wildman–Crippen LogP) is 4.15. The van der Waals surface area contributed by atoms with E-state index in [0.717, 1.165) is 48.3 Å². The molecule has 2 nitrogen and oxygen atoms in total. The van der Waals surface area contributed by atoms with Crippen LogP contribution in [0.25, 0.3) is 0 Å². The van der Waals surface area contributed by atoms with Crippen molar-refractivity contribution in [1.29, 1.82) is 0 Å². The summed E-state index contributed by atoms with van der Waals surface area (Å²) in [6, 6.07) is 0. The lowest BCUT2D eigenvalue weighted by molar-refractivity contribution is 0.321. The predicted molar refractivity (Wildman–Crippen MR) is 74.6 cm³/mol. The molecule has 1 aromatic rings. The van der Waals surface area contributed by atoms with Crippen LogP contribution in [0.2, 0.25) is 0 Å². The highest BCUT2D eigenvalue weighted by Gasteiger charge is 2.30. The first-order valence-corrected chi connectivity index (χ1v) is 6.64. The zero-order chi connectivity index (χ0) is 13.3. The fourth-order valence-electron chi connectivity index (χ4n) is 2.81. The molecule has 1 atom stereocenters. The number of benzene rings is 1. The summed E-state index contributed by atoms with van der Waals surface area (Å²) in [7, 11) is 0. The monoisotopic (exact) mass is 246 g/mol. The van der Waals surface area contributed by atoms with Gasteiger partial charge in [0.2, 0.25) is 0 Å². The van der Waals surface area contributed by atoms with Crippen LogP contribution < -0.4 is 4.74 Å². The van der Waals surface area contributed by atoms with Crippen LogP contribution in [0.5, 0.6) is 11.5 Å². The van der Waals surface area contributed by atoms with E-state index in [1.165, 1.54) is 5.56 Å². The van der Waals surface area contributed by atoms with Crippen molar-refractivity contribution in [1.82, 2.24) is 0 Å². The van der Waals surface area contributed by atoms with Crippen molar-refractivity contribution in [3.8, 4) is 11.5 Å². The number of hydrogen-bond acceptors (Lipinski definition) is 2. The lowest BCUT2D eigenvalue weighted by Gasteiger charge is -2.15. The molecule has 1 aromatic carbocycles. The molecule has 0 spiro atoms. The number of rotatable bonds is 4. The number of unbranched alkanes of at least 4 members (excludes halogenated alkanes) is 1. The minimum absolute atomic E-state index is 0.421. The second-order valence-electron chi connectivity index (χ2n) is 5.19. The molecule has 0 fully saturated rings. The Morgan fingerprint density at radius 3 is 2.67 bits per heavy atom. The van der Waals surface area contributed by atoms with Gasteiger partial charge >= 0.3 is 0 Å². The highest BCUT2D eigenvalue weighted by atomic mass is 16.5. The molecule has 0 saturated heterocycles. The topological polar surface area (TPSA) is 29.5 Å². The van der Waals surface area contributed by atoms with Gasteiger partial charge in [-0.3, -0.25) is 0 Å². The molecule has 98 valence electrons. The van der Waals surface area contributed by atoms with Gasteiger partial charge in [0, 0.05) is 11.5 Å². The number of fused-ring (bicyclic) bond motifs is 1. The van der Waals surface area contributed by atoms with E-state index < -0.39 is 0 Å². The van der Waals surface area contributed by atoms with Gasteiger partial charge in [0.1, 0.15) is 11.5 Å². The second-order valence-corrected chi connectivity index (χ2v) is 5.19. The maximum Gasteiger partial charge on any atom is 0.126 e. The maximum absolute atomic E-state index is 10.2. The summed E-state index contributed by atoms with van der Waals surface area (Å²) in [5.74, 6) is 1.86. The van der Waals surface area contributed by atoms with Crippen LogP contribution in [0.3, 0.4) is 0 Å². The summed E-state index contributed by atoms with van der Waals surface area (Å²) in [5, 5.41) is 10.2. The first kappa shape index (κ1) is 13.0. The molecule has 18 heavy (non-hydrogen) atoms. The van der Waals surface area contributed by atoms with Crippen LogP contribution in [0.1, 0.15) is 47.4 Å². The number of phenolic OH excluding ortho intramolecular Hbond substituents is 1. The summed E-state index contributed by atoms with van der Waals surface area (Å²) in [6.07, 6.45) is 5.23. The van der Waals surface area contributed by atoms with E-state index in [9.17, 15) is 5.11 Å². The van der Waals surface area contributed by atoms with Gasteiger partial charge in [-0.25, -0.2) is 0 Å². The third-order valence-electron chi connectivity index (χ3n) is 4.06. The highest BCUT2D eigenvalue weighted by Crippen LogP contribution is 2.46. The van der Waals surface area contributed by atoms with Crippen LogP contribution in [0.15, 0.2) is 12.7 Å². The first-order chi connectivity index (χ1) is 8.57. The molecule has 1 aliphatic heterocycles. The molecule has 0 radical (unpaired) electrons. The normalized spacial score (nSPS) is 17.4. The van der Waals surface area contributed by atoms with Gasteiger partial charge in [-0.1, -0.05) is 6.08 Å². The Morgan fingerprint density at radius 2 is 2.00 bits per heavy atom. The SMILES string of the molecule is C=CCCCC1COc2c(C)c(C)c(O)c(C)c21. The summed E-state index contributed by atoms with van der Waals surface area (Å²) in [5.41, 5.74) is 4.24. The molecule has 1 aliphatic rings. The lowest BCUT2D eigenvalue weighted by atomic mass is 9.88. The van der Waals surface area contributed by atoms with E-state index >= 15 is 0 Å². The van der Waals surface area contributed by atoms with Crippen molar-refractivity contribution in [3.05, 3.63) is 34.9 Å². The van der Waals surface area contributed by atoms with E-state index in [-0.39, 0.29) is 0 Å². The van der Waals surface area contributed by atoms with Crippen LogP contribution in [-0.4, -0.2) is 11.7 Å². The largest absolute Gasteiger partial charge is 0.507 e. The van der Waals surface area contributed by atoms with Crippen molar-refractivity contribution in [3.63, 3.8) is 0 Å². The Morgan fingerprint density at radius 1 is 1.28 bits per heavy atom. The molecule has 1 heterocycles. The van der Waals surface area contributed by atoms with Gasteiger partial charge in [0.25, 0.3) is 0 Å². The molecule has 0 bridgehead atoms. The van der Waals surface area contributed by atoms with E-state index in [1.54, 1.807) is 0 Å². The number of phenols is 1. The Labute approximate surface area is 109 Å². The molecule has 1 unspecified atom stereocenters. The summed E-state index contributed by atoms with van der Waals surface area (Å²) < 4.78 is 5.85. The van der Waals surface area contributed by atoms with Gasteiger partial charge in [-0.15, -0.1) is 6.58 Å². The van der Waals surface area contributed by atoms with Crippen LogP contribution in [-0.2, 0) is 0 Å². The number of hydrogen-bond donors (Lipinski definition) is 1. The summed E-state index contributed by atoms with van der Waals surface area (Å²) in [4.78, 5) is 0. The number of allylic oxidation sites excluding steroid dienone is 1. The number of aromatic hydroxyl groups is 1. The summed E-state index contributed by atoms with van der Waals surface area (Å²) >= 11 is 0. The minimum atomic E-state index is 0.421. The van der Waals surface area contributed by atoms with Gasteiger partial charge < -0.3 is 9.84 Å². The average molecular weight is 246 g/mol. The lowest BCUT2D eigenvalue weighted by Crippen LogP contribution is -2.01. The van der Waals surface area contributed by atoms with E-state index in [0.29, 0.717) is 11.7 Å². The van der Waals surface area contributed by atoms with Crippen molar-refractivity contribution in [2.24, 2.45) is 0 Å². The van der Waals surface area contributed by atoms with Gasteiger partial charge in [0.05, 0.1) is 6.61 Å². The number of ether oxygens (including phenoxy) is 1.